The maximum atomic E-state index is 13.7. The molecule has 0 unspecified atom stereocenters. The van der Waals surface area contributed by atoms with Crippen LogP contribution in [0.1, 0.15) is 23.9 Å². The average molecular weight is 343 g/mol. The lowest BCUT2D eigenvalue weighted by Gasteiger charge is -2.11. The summed E-state index contributed by atoms with van der Waals surface area (Å²) in [6.45, 7) is 1.93. The van der Waals surface area contributed by atoms with Crippen LogP contribution in [0.2, 0.25) is 0 Å². The monoisotopic (exact) mass is 342 g/mol. The molecule has 4 nitrogen and oxygen atoms in total. The first kappa shape index (κ1) is 15.0. The zero-order chi connectivity index (χ0) is 14.7. The van der Waals surface area contributed by atoms with Gasteiger partial charge in [0.15, 0.2) is 11.6 Å². The van der Waals surface area contributed by atoms with E-state index in [-0.39, 0.29) is 19.0 Å². The molecule has 0 amide bonds. The Morgan fingerprint density at radius 1 is 1.45 bits per heavy atom. The molecule has 2 aromatic rings. The lowest BCUT2D eigenvalue weighted by atomic mass is 10.2. The van der Waals surface area contributed by atoms with Crippen LogP contribution in [0.4, 0.5) is 4.39 Å². The maximum absolute atomic E-state index is 13.7. The van der Waals surface area contributed by atoms with Crippen LogP contribution >= 0.6 is 15.9 Å². The van der Waals surface area contributed by atoms with Crippen molar-refractivity contribution in [3.63, 3.8) is 0 Å². The molecule has 0 saturated heterocycles. The molecule has 1 heterocycles. The maximum Gasteiger partial charge on any atom is 0.165 e. The van der Waals surface area contributed by atoms with E-state index in [1.807, 2.05) is 14.0 Å². The van der Waals surface area contributed by atoms with Crippen LogP contribution in [0.5, 0.6) is 5.75 Å². The summed E-state index contributed by atoms with van der Waals surface area (Å²) in [5, 5.41) is 13.6. The third-order valence-corrected chi connectivity index (χ3v) is 3.99. The quantitative estimate of drug-likeness (QED) is 0.908. The Morgan fingerprint density at radius 2 is 2.20 bits per heavy atom. The van der Waals surface area contributed by atoms with Crippen molar-refractivity contribution in [3.8, 4) is 5.75 Å². The summed E-state index contributed by atoms with van der Waals surface area (Å²) in [4.78, 5) is 0. The van der Waals surface area contributed by atoms with Gasteiger partial charge < -0.3 is 9.84 Å². The Morgan fingerprint density at radius 3 is 2.80 bits per heavy atom. The molecule has 0 spiro atoms. The smallest absolute Gasteiger partial charge is 0.165 e. The van der Waals surface area contributed by atoms with Crippen molar-refractivity contribution < 1.29 is 14.2 Å². The highest BCUT2D eigenvalue weighted by atomic mass is 79.9. The SMILES string of the molecule is CCc1nn(C)c(COc2c(F)cccc2CO)c1Br. The van der Waals surface area contributed by atoms with Crippen LogP contribution in [-0.2, 0) is 26.7 Å². The summed E-state index contributed by atoms with van der Waals surface area (Å²) in [6, 6.07) is 4.49. The number of hydrogen-bond acceptors (Lipinski definition) is 3. The highest BCUT2D eigenvalue weighted by molar-refractivity contribution is 9.10. The van der Waals surface area contributed by atoms with Gasteiger partial charge in [-0.25, -0.2) is 4.39 Å². The third kappa shape index (κ3) is 2.86. The predicted molar refractivity (Wildman–Crippen MR) is 76.9 cm³/mol. The molecule has 0 radical (unpaired) electrons. The van der Waals surface area contributed by atoms with E-state index >= 15 is 0 Å². The molecule has 0 aliphatic rings. The molecule has 2 rings (SSSR count). The molecule has 0 atom stereocenters. The van der Waals surface area contributed by atoms with Crippen LogP contribution in [0.25, 0.3) is 0 Å². The number of halogens is 2. The second-order valence-electron chi connectivity index (χ2n) is 4.36. The van der Waals surface area contributed by atoms with Crippen molar-refractivity contribution in [1.82, 2.24) is 9.78 Å². The normalized spacial score (nSPS) is 10.8. The first-order chi connectivity index (χ1) is 9.58. The van der Waals surface area contributed by atoms with Crippen LogP contribution in [0.3, 0.4) is 0 Å². The topological polar surface area (TPSA) is 47.3 Å². The zero-order valence-corrected chi connectivity index (χ0v) is 12.9. The fourth-order valence-electron chi connectivity index (χ4n) is 1.96. The fourth-order valence-corrected chi connectivity index (χ4v) is 2.69. The van der Waals surface area contributed by atoms with Crippen LogP contribution in [0, 0.1) is 5.82 Å². The number of aliphatic hydroxyl groups excluding tert-OH is 1. The standard InChI is InChI=1S/C14H16BrFN2O2/c1-3-11-13(15)12(18(2)17-11)8-20-14-9(7-19)5-4-6-10(14)16/h4-6,19H,3,7-8H2,1-2H3. The average Bonchev–Trinajstić information content (AvgIpc) is 2.72. The van der Waals surface area contributed by atoms with Gasteiger partial charge in [-0.3, -0.25) is 4.68 Å². The van der Waals surface area contributed by atoms with Gasteiger partial charge in [0, 0.05) is 12.6 Å². The highest BCUT2D eigenvalue weighted by Gasteiger charge is 2.15. The van der Waals surface area contributed by atoms with E-state index in [0.29, 0.717) is 5.56 Å². The molecular weight excluding hydrogens is 327 g/mol. The molecule has 20 heavy (non-hydrogen) atoms. The molecule has 0 fully saturated rings. The van der Waals surface area contributed by atoms with E-state index in [1.165, 1.54) is 6.07 Å². The second-order valence-corrected chi connectivity index (χ2v) is 5.15. The molecule has 0 aliphatic heterocycles. The van der Waals surface area contributed by atoms with E-state index in [4.69, 9.17) is 4.74 Å². The first-order valence-electron chi connectivity index (χ1n) is 6.29. The summed E-state index contributed by atoms with van der Waals surface area (Å²) < 4.78 is 21.9. The molecule has 1 N–H and O–H groups in total. The number of aromatic nitrogens is 2. The molecular formula is C14H16BrFN2O2. The molecule has 6 heteroatoms. The minimum Gasteiger partial charge on any atom is -0.484 e. The molecule has 1 aromatic carbocycles. The Bertz CT molecular complexity index is 613. The Balaban J connectivity index is 2.23. The number of nitrogens with zero attached hydrogens (tertiary/aromatic N) is 2. The predicted octanol–water partition coefficient (Wildman–Crippen LogP) is 2.96. The number of aliphatic hydroxyl groups is 1. The first-order valence-corrected chi connectivity index (χ1v) is 7.09. The van der Waals surface area contributed by atoms with Crippen LogP contribution < -0.4 is 4.74 Å². The van der Waals surface area contributed by atoms with Gasteiger partial charge in [0.25, 0.3) is 0 Å². The zero-order valence-electron chi connectivity index (χ0n) is 11.4. The van der Waals surface area contributed by atoms with Crippen molar-refractivity contribution in [1.29, 1.82) is 0 Å². The van der Waals surface area contributed by atoms with Crippen molar-refractivity contribution >= 4 is 15.9 Å². The summed E-state index contributed by atoms with van der Waals surface area (Å²) in [5.74, 6) is -0.397. The van der Waals surface area contributed by atoms with Gasteiger partial charge in [-0.05, 0) is 28.4 Å². The third-order valence-electron chi connectivity index (χ3n) is 3.08. The van der Waals surface area contributed by atoms with E-state index in [9.17, 15) is 9.50 Å². The van der Waals surface area contributed by atoms with Crippen molar-refractivity contribution in [2.45, 2.75) is 26.6 Å². The lowest BCUT2D eigenvalue weighted by molar-refractivity contribution is 0.247. The number of para-hydroxylation sites is 1. The van der Waals surface area contributed by atoms with Gasteiger partial charge in [-0.15, -0.1) is 0 Å². The summed E-state index contributed by atoms with van der Waals surface area (Å²) in [6.07, 6.45) is 0.802. The summed E-state index contributed by atoms with van der Waals surface area (Å²) in [7, 11) is 1.82. The Labute approximate surface area is 125 Å². The van der Waals surface area contributed by atoms with Crippen molar-refractivity contribution in [2.24, 2.45) is 7.05 Å². The lowest BCUT2D eigenvalue weighted by Crippen LogP contribution is -2.06. The van der Waals surface area contributed by atoms with Gasteiger partial charge in [-0.2, -0.15) is 5.10 Å². The second kappa shape index (κ2) is 6.37. The largest absolute Gasteiger partial charge is 0.484 e. The summed E-state index contributed by atoms with van der Waals surface area (Å²) >= 11 is 3.48. The number of benzene rings is 1. The van der Waals surface area contributed by atoms with Gasteiger partial charge in [0.05, 0.1) is 22.5 Å². The number of aryl methyl sites for hydroxylation is 2. The van der Waals surface area contributed by atoms with Gasteiger partial charge in [0.2, 0.25) is 0 Å². The van der Waals surface area contributed by atoms with Gasteiger partial charge in [0.1, 0.15) is 6.61 Å². The van der Waals surface area contributed by atoms with Crippen LogP contribution in [-0.4, -0.2) is 14.9 Å². The molecule has 1 aromatic heterocycles. The number of rotatable bonds is 5. The Hall–Kier alpha value is -1.40. The van der Waals surface area contributed by atoms with Crippen molar-refractivity contribution in [2.75, 3.05) is 0 Å². The molecule has 0 aliphatic carbocycles. The van der Waals surface area contributed by atoms with E-state index in [2.05, 4.69) is 21.0 Å². The minimum absolute atomic E-state index is 0.0844. The fraction of sp³-hybridized carbons (Fsp3) is 0.357. The van der Waals surface area contributed by atoms with Gasteiger partial charge in [-0.1, -0.05) is 19.1 Å². The molecule has 108 valence electrons. The molecule has 0 saturated carbocycles. The molecule has 0 bridgehead atoms. The highest BCUT2D eigenvalue weighted by Crippen LogP contribution is 2.26. The van der Waals surface area contributed by atoms with Crippen LogP contribution in [0.15, 0.2) is 22.7 Å². The van der Waals surface area contributed by atoms with Gasteiger partial charge >= 0.3 is 0 Å². The van der Waals surface area contributed by atoms with E-state index in [1.54, 1.807) is 16.8 Å². The summed E-state index contributed by atoms with van der Waals surface area (Å²) in [5.41, 5.74) is 2.19. The minimum atomic E-state index is -0.481. The Kier molecular flexibility index (Phi) is 4.77. The number of hydrogen-bond donors (Lipinski definition) is 1. The van der Waals surface area contributed by atoms with E-state index < -0.39 is 5.82 Å². The number of ether oxygens (including phenoxy) is 1. The van der Waals surface area contributed by atoms with Crippen molar-refractivity contribution in [3.05, 3.63) is 45.4 Å². The van der Waals surface area contributed by atoms with E-state index in [0.717, 1.165) is 22.3 Å².